The van der Waals surface area contributed by atoms with Crippen LogP contribution in [0, 0.1) is 0 Å². The molecule has 0 fully saturated rings. The van der Waals surface area contributed by atoms with Gasteiger partial charge in [-0.25, -0.2) is 0 Å². The van der Waals surface area contributed by atoms with Gasteiger partial charge in [-0.1, -0.05) is 0 Å². The van der Waals surface area contributed by atoms with E-state index in [1.54, 1.807) is 0 Å². The summed E-state index contributed by atoms with van der Waals surface area (Å²) in [4.78, 5) is 0. The van der Waals surface area contributed by atoms with Crippen LogP contribution < -0.4 is 29.6 Å². The molecule has 0 aliphatic carbocycles. The van der Waals surface area contributed by atoms with Gasteiger partial charge in [0.05, 0.1) is 0 Å². The van der Waals surface area contributed by atoms with Crippen molar-refractivity contribution in [2.75, 3.05) is 0 Å². The largest absolute Gasteiger partial charge is 2.00 e. The SMILES string of the molecule is F.F.F.[AlH3].[Ca+2].[H-].[H-].[H-].[Na+]. The molecule has 0 rings (SSSR count). The van der Waals surface area contributed by atoms with Gasteiger partial charge in [0, 0.05) is 0 Å². The average Bonchev–Trinajstić information content (AvgIpc) is 0. The standard InChI is InChI=1S/Al.Ca.3FH.Na.6H/h;;3*1H;;;;;;;/q;+2;;;;+1;;;;3*-1. The molecule has 0 spiro atoms. The molecule has 0 N–H and O–H groups in total. The van der Waals surface area contributed by atoms with Gasteiger partial charge in [-0.2, -0.15) is 0 Å². The molecule has 0 aromatic carbocycles. The van der Waals surface area contributed by atoms with E-state index in [9.17, 15) is 0 Å². The van der Waals surface area contributed by atoms with E-state index >= 15 is 0 Å². The second kappa shape index (κ2) is 49.3. The molecule has 0 aliphatic heterocycles. The Kier molecular flexibility index (Phi) is 608. The van der Waals surface area contributed by atoms with Gasteiger partial charge >= 0.3 is 67.3 Å². The number of hydrogen-bond donors (Lipinski definition) is 0. The van der Waals surface area contributed by atoms with E-state index in [0.29, 0.717) is 0 Å². The molecule has 0 saturated heterocycles. The number of hydrogen-bond acceptors (Lipinski definition) is 0. The average molecular weight is 156 g/mol. The van der Waals surface area contributed by atoms with Crippen LogP contribution in [0.2, 0.25) is 0 Å². The zero-order chi connectivity index (χ0) is 0. The van der Waals surface area contributed by atoms with Crippen molar-refractivity contribution in [2.45, 2.75) is 0 Å². The third-order valence-corrected chi connectivity index (χ3v) is 0. The van der Waals surface area contributed by atoms with Gasteiger partial charge in [0.2, 0.25) is 0 Å². The molecule has 0 nitrogen and oxygen atoms in total. The minimum absolute atomic E-state index is 0. The van der Waals surface area contributed by atoms with Crippen molar-refractivity contribution in [1.29, 1.82) is 0 Å². The molecule has 0 heterocycles. The first-order valence-corrected chi connectivity index (χ1v) is 0. The summed E-state index contributed by atoms with van der Waals surface area (Å²) in [6.07, 6.45) is 0. The minimum atomic E-state index is 0. The van der Waals surface area contributed by atoms with Crippen LogP contribution in [0.3, 0.4) is 0 Å². The molecule has 0 saturated carbocycles. The van der Waals surface area contributed by atoms with Gasteiger partial charge in [0.1, 0.15) is 0 Å². The maximum atomic E-state index is 0. The van der Waals surface area contributed by atoms with Crippen molar-refractivity contribution in [2.24, 2.45) is 0 Å². The van der Waals surface area contributed by atoms with Crippen LogP contribution in [0.15, 0.2) is 0 Å². The fraction of sp³-hybridized carbons (Fsp3) is 0. The van der Waals surface area contributed by atoms with E-state index in [2.05, 4.69) is 0 Å². The summed E-state index contributed by atoms with van der Waals surface area (Å²) in [5.74, 6) is 0. The van der Waals surface area contributed by atoms with Crippen LogP contribution in [-0.2, 0) is 0 Å². The molecule has 0 bridgehead atoms. The van der Waals surface area contributed by atoms with E-state index in [1.807, 2.05) is 0 Å². The first-order chi connectivity index (χ1) is 0. The van der Waals surface area contributed by atoms with Gasteiger partial charge < -0.3 is 4.28 Å². The van der Waals surface area contributed by atoms with Crippen LogP contribution in [0.4, 0.5) is 14.1 Å². The summed E-state index contributed by atoms with van der Waals surface area (Å²) < 4.78 is 0. The van der Waals surface area contributed by atoms with E-state index in [1.165, 1.54) is 0 Å². The van der Waals surface area contributed by atoms with E-state index in [-0.39, 0.29) is 103 Å². The van der Waals surface area contributed by atoms with Crippen molar-refractivity contribution in [3.05, 3.63) is 0 Å². The molecule has 6 heteroatoms. The maximum Gasteiger partial charge on any atom is 2.00 e. The first kappa shape index (κ1) is 74.0. The molecule has 0 aromatic heterocycles. The molecule has 0 aromatic rings. The summed E-state index contributed by atoms with van der Waals surface area (Å²) in [6, 6.07) is 0. The van der Waals surface area contributed by atoms with Crippen molar-refractivity contribution in [3.8, 4) is 0 Å². The van der Waals surface area contributed by atoms with Crippen molar-refractivity contribution < 1.29 is 48.0 Å². The molecule has 0 atom stereocenters. The Hall–Kier alpha value is 2.58. The summed E-state index contributed by atoms with van der Waals surface area (Å²) in [7, 11) is 0. The van der Waals surface area contributed by atoms with Crippen LogP contribution in [0.1, 0.15) is 4.28 Å². The molecular weight excluding hydrogens is 147 g/mol. The summed E-state index contributed by atoms with van der Waals surface area (Å²) in [5, 5.41) is 0. The molecule has 36 valence electrons. The second-order valence-electron chi connectivity index (χ2n) is 0. The third-order valence-electron chi connectivity index (χ3n) is 0. The van der Waals surface area contributed by atoms with Gasteiger partial charge in [0.15, 0.2) is 17.4 Å². The predicted octanol–water partition coefficient (Wildman–Crippen LogP) is -3.77. The Morgan fingerprint density at radius 1 is 0.833 bits per heavy atom. The second-order valence-corrected chi connectivity index (χ2v) is 0. The zero-order valence-electron chi connectivity index (χ0n) is 5.93. The fourth-order valence-corrected chi connectivity index (χ4v) is 0. The van der Waals surface area contributed by atoms with Gasteiger partial charge in [-0.15, -0.1) is 0 Å². The van der Waals surface area contributed by atoms with Crippen LogP contribution >= 0.6 is 0 Å². The molecule has 6 heavy (non-hydrogen) atoms. The quantitative estimate of drug-likeness (QED) is 0.316. The Bertz CT molecular complexity index is 19.0. The number of rotatable bonds is 0. The van der Waals surface area contributed by atoms with E-state index < -0.39 is 0 Å². The topological polar surface area (TPSA) is 0 Å². The Balaban J connectivity index is 0. The Labute approximate surface area is 101 Å². The maximum absolute atomic E-state index is 0. The summed E-state index contributed by atoms with van der Waals surface area (Å²) in [5.41, 5.74) is 0. The minimum Gasteiger partial charge on any atom is -1.00 e. The van der Waals surface area contributed by atoms with Crippen LogP contribution in [-0.4, -0.2) is 55.1 Å². The first-order valence-electron chi connectivity index (χ1n) is 0. The zero-order valence-corrected chi connectivity index (χ0v) is 7.14. The van der Waals surface area contributed by atoms with E-state index in [4.69, 9.17) is 0 Å². The molecule has 0 aliphatic rings. The third kappa shape index (κ3) is 30.8. The van der Waals surface area contributed by atoms with Gasteiger partial charge in [0.25, 0.3) is 0 Å². The van der Waals surface area contributed by atoms with Gasteiger partial charge in [-0.3, -0.25) is 14.1 Å². The Morgan fingerprint density at radius 3 is 0.833 bits per heavy atom. The van der Waals surface area contributed by atoms with Gasteiger partial charge in [-0.05, 0) is 0 Å². The molecule has 0 radical (unpaired) electrons. The Morgan fingerprint density at radius 2 is 0.833 bits per heavy atom. The summed E-state index contributed by atoms with van der Waals surface area (Å²) in [6.45, 7) is 0. The van der Waals surface area contributed by atoms with E-state index in [0.717, 1.165) is 0 Å². The normalized spacial score (nSPS) is 0. The van der Waals surface area contributed by atoms with Crippen molar-refractivity contribution in [3.63, 3.8) is 0 Å². The van der Waals surface area contributed by atoms with Crippen LogP contribution in [0.5, 0.6) is 0 Å². The smallest absolute Gasteiger partial charge is 1.00 e. The van der Waals surface area contributed by atoms with Crippen LogP contribution in [0.25, 0.3) is 0 Å². The summed E-state index contributed by atoms with van der Waals surface area (Å²) >= 11 is 0. The van der Waals surface area contributed by atoms with Crippen molar-refractivity contribution in [1.82, 2.24) is 0 Å². The molecule has 0 amide bonds. The molecular formula is H9AlCaF3Na. The fourth-order valence-electron chi connectivity index (χ4n) is 0. The molecule has 0 unspecified atom stereocenters. The predicted molar refractivity (Wildman–Crippen MR) is 26.5 cm³/mol. The number of halogens is 3. The monoisotopic (exact) mass is 156 g/mol. The van der Waals surface area contributed by atoms with Crippen molar-refractivity contribution >= 4 is 55.1 Å².